The maximum absolute atomic E-state index is 12.1. The molecule has 1 aliphatic rings. The van der Waals surface area contributed by atoms with Crippen LogP contribution in [-0.2, 0) is 23.9 Å². The Hall–Kier alpha value is -2.84. The Bertz CT molecular complexity index is 591. The third kappa shape index (κ3) is 3.25. The van der Waals surface area contributed by atoms with Gasteiger partial charge in [0.15, 0.2) is 0 Å². The number of ether oxygens (including phenoxy) is 2. The minimum absolute atomic E-state index is 0.210. The molecule has 0 aliphatic carbocycles. The summed E-state index contributed by atoms with van der Waals surface area (Å²) in [5.41, 5.74) is -0.915. The molecule has 120 valence electrons. The largest absolute Gasteiger partial charge is 0.465 e. The van der Waals surface area contributed by atoms with Crippen LogP contribution in [0.4, 0.5) is 4.79 Å². The van der Waals surface area contributed by atoms with Crippen molar-refractivity contribution in [3.63, 3.8) is 0 Å². The van der Waals surface area contributed by atoms with Crippen LogP contribution in [0.15, 0.2) is 23.0 Å². The van der Waals surface area contributed by atoms with Gasteiger partial charge in [-0.05, 0) is 0 Å². The highest BCUT2D eigenvalue weighted by molar-refractivity contribution is 6.18. The van der Waals surface area contributed by atoms with E-state index in [1.807, 2.05) is 0 Å². The Balaban J connectivity index is 3.59. The number of methoxy groups -OCH3 is 2. The monoisotopic (exact) mass is 311 g/mol. The number of esters is 2. The van der Waals surface area contributed by atoms with E-state index in [0.717, 1.165) is 19.1 Å². The zero-order valence-electron chi connectivity index (χ0n) is 12.9. The fraction of sp³-hybridized carbons (Fsp3) is 0.385. The molecule has 0 radical (unpaired) electrons. The Morgan fingerprint density at radius 2 is 1.68 bits per heavy atom. The van der Waals surface area contributed by atoms with Crippen LogP contribution in [0.1, 0.15) is 0 Å². The normalized spacial score (nSPS) is 17.1. The summed E-state index contributed by atoms with van der Waals surface area (Å²) in [7, 11) is 6.70. The molecule has 0 unspecified atom stereocenters. The SMILES string of the molecule is COC(=O)C(=C/N(C)C)/C(C(=O)OC)=C1\NC(=O)N(C)C1=O. The number of urea groups is 1. The maximum Gasteiger partial charge on any atom is 0.341 e. The molecule has 0 aromatic carbocycles. The van der Waals surface area contributed by atoms with E-state index in [0.29, 0.717) is 0 Å². The maximum atomic E-state index is 12.1. The van der Waals surface area contributed by atoms with E-state index in [9.17, 15) is 19.2 Å². The van der Waals surface area contributed by atoms with Gasteiger partial charge in [0.1, 0.15) is 11.3 Å². The van der Waals surface area contributed by atoms with Gasteiger partial charge in [0.05, 0.1) is 19.8 Å². The molecular weight excluding hydrogens is 294 g/mol. The van der Waals surface area contributed by atoms with E-state index < -0.39 is 23.9 Å². The van der Waals surface area contributed by atoms with E-state index in [-0.39, 0.29) is 16.8 Å². The highest BCUT2D eigenvalue weighted by Gasteiger charge is 2.38. The Morgan fingerprint density at radius 1 is 1.14 bits per heavy atom. The van der Waals surface area contributed by atoms with E-state index in [4.69, 9.17) is 0 Å². The van der Waals surface area contributed by atoms with Gasteiger partial charge in [0.2, 0.25) is 0 Å². The lowest BCUT2D eigenvalue weighted by molar-refractivity contribution is -0.139. The van der Waals surface area contributed by atoms with Gasteiger partial charge < -0.3 is 19.7 Å². The zero-order valence-corrected chi connectivity index (χ0v) is 12.9. The van der Waals surface area contributed by atoms with E-state index >= 15 is 0 Å². The average molecular weight is 311 g/mol. The van der Waals surface area contributed by atoms with Gasteiger partial charge in [-0.15, -0.1) is 0 Å². The van der Waals surface area contributed by atoms with E-state index in [1.165, 1.54) is 18.1 Å². The molecule has 0 aromatic heterocycles. The van der Waals surface area contributed by atoms with Crippen molar-refractivity contribution in [3.05, 3.63) is 23.0 Å². The molecule has 1 heterocycles. The van der Waals surface area contributed by atoms with Crippen LogP contribution in [0.5, 0.6) is 0 Å². The minimum Gasteiger partial charge on any atom is -0.465 e. The van der Waals surface area contributed by atoms with Crippen molar-refractivity contribution in [3.8, 4) is 0 Å². The smallest absolute Gasteiger partial charge is 0.341 e. The van der Waals surface area contributed by atoms with Gasteiger partial charge in [-0.2, -0.15) is 0 Å². The molecular formula is C13H17N3O6. The molecule has 0 saturated carbocycles. The highest BCUT2D eigenvalue weighted by atomic mass is 16.5. The quantitative estimate of drug-likeness (QED) is 0.412. The van der Waals surface area contributed by atoms with Crippen LogP contribution in [0.25, 0.3) is 0 Å². The summed E-state index contributed by atoms with van der Waals surface area (Å²) in [6.45, 7) is 0. The fourth-order valence-corrected chi connectivity index (χ4v) is 1.71. The summed E-state index contributed by atoms with van der Waals surface area (Å²) in [6, 6.07) is -0.713. The lowest BCUT2D eigenvalue weighted by atomic mass is 10.0. The van der Waals surface area contributed by atoms with Crippen LogP contribution in [0.3, 0.4) is 0 Å². The first kappa shape index (κ1) is 17.2. The highest BCUT2D eigenvalue weighted by Crippen LogP contribution is 2.22. The molecule has 0 bridgehead atoms. The number of carbonyl (C=O) groups excluding carboxylic acids is 4. The zero-order chi connectivity index (χ0) is 17.0. The van der Waals surface area contributed by atoms with Crippen molar-refractivity contribution in [2.24, 2.45) is 0 Å². The molecule has 0 spiro atoms. The molecule has 0 aromatic rings. The van der Waals surface area contributed by atoms with Gasteiger partial charge in [-0.25, -0.2) is 14.4 Å². The summed E-state index contributed by atoms with van der Waals surface area (Å²) in [5, 5.41) is 2.25. The van der Waals surface area contributed by atoms with Crippen LogP contribution in [0.2, 0.25) is 0 Å². The van der Waals surface area contributed by atoms with Crippen molar-refractivity contribution in [2.75, 3.05) is 35.4 Å². The van der Waals surface area contributed by atoms with Gasteiger partial charge in [0.25, 0.3) is 5.91 Å². The molecule has 1 aliphatic heterocycles. The van der Waals surface area contributed by atoms with Crippen molar-refractivity contribution >= 4 is 23.9 Å². The molecule has 1 rings (SSSR count). The first-order chi connectivity index (χ1) is 10.2. The second-order valence-electron chi connectivity index (χ2n) is 4.53. The number of amides is 3. The summed E-state index contributed by atoms with van der Waals surface area (Å²) in [6.07, 6.45) is 1.29. The van der Waals surface area contributed by atoms with Crippen molar-refractivity contribution < 1.29 is 28.7 Å². The van der Waals surface area contributed by atoms with Gasteiger partial charge in [-0.3, -0.25) is 9.69 Å². The number of nitrogens with zero attached hydrogens (tertiary/aromatic N) is 2. The van der Waals surface area contributed by atoms with Crippen LogP contribution < -0.4 is 5.32 Å². The molecule has 1 N–H and O–H groups in total. The van der Waals surface area contributed by atoms with Crippen LogP contribution in [-0.4, -0.2) is 69.0 Å². The van der Waals surface area contributed by atoms with Gasteiger partial charge in [0, 0.05) is 27.3 Å². The third-order valence-electron chi connectivity index (χ3n) is 2.76. The molecule has 22 heavy (non-hydrogen) atoms. The topological polar surface area (TPSA) is 105 Å². The van der Waals surface area contributed by atoms with E-state index in [1.54, 1.807) is 14.1 Å². The average Bonchev–Trinajstić information content (AvgIpc) is 2.72. The van der Waals surface area contributed by atoms with Crippen LogP contribution in [0, 0.1) is 0 Å². The third-order valence-corrected chi connectivity index (χ3v) is 2.76. The Kier molecular flexibility index (Phi) is 5.28. The van der Waals surface area contributed by atoms with E-state index in [2.05, 4.69) is 14.8 Å². The second kappa shape index (κ2) is 6.74. The minimum atomic E-state index is -0.947. The predicted octanol–water partition coefficient (Wildman–Crippen LogP) is -0.786. The lowest BCUT2D eigenvalue weighted by Gasteiger charge is -2.13. The number of nitrogens with one attached hydrogen (secondary N) is 1. The first-order valence-corrected chi connectivity index (χ1v) is 6.13. The Labute approximate surface area is 127 Å². The summed E-state index contributed by atoms with van der Waals surface area (Å²) in [4.78, 5) is 49.9. The molecule has 3 amide bonds. The standard InChI is InChI=1S/C13H17N3O6/c1-15(2)6-7(11(18)21-4)8(12(19)22-5)9-10(17)16(3)13(20)14-9/h6H,1-5H3,(H,14,20)/b7-6+,9-8+. The lowest BCUT2D eigenvalue weighted by Crippen LogP contribution is -2.25. The van der Waals surface area contributed by atoms with Crippen molar-refractivity contribution in [1.29, 1.82) is 0 Å². The van der Waals surface area contributed by atoms with Crippen LogP contribution >= 0.6 is 0 Å². The fourth-order valence-electron chi connectivity index (χ4n) is 1.71. The number of hydrogen-bond donors (Lipinski definition) is 1. The summed E-state index contributed by atoms with van der Waals surface area (Å²) in [5.74, 6) is -2.55. The molecule has 9 nitrogen and oxygen atoms in total. The predicted molar refractivity (Wildman–Crippen MR) is 74.1 cm³/mol. The second-order valence-corrected chi connectivity index (χ2v) is 4.53. The summed E-state index contributed by atoms with van der Waals surface area (Å²) >= 11 is 0. The van der Waals surface area contributed by atoms with Crippen molar-refractivity contribution in [2.45, 2.75) is 0 Å². The van der Waals surface area contributed by atoms with Gasteiger partial charge in [-0.1, -0.05) is 0 Å². The van der Waals surface area contributed by atoms with Crippen molar-refractivity contribution in [1.82, 2.24) is 15.1 Å². The number of hydrogen-bond acceptors (Lipinski definition) is 7. The first-order valence-electron chi connectivity index (χ1n) is 6.13. The number of carbonyl (C=O) groups is 4. The number of rotatable bonds is 4. The number of likely N-dealkylation sites (N-methyl/N-ethyl adjacent to an activating group) is 1. The Morgan fingerprint density at radius 3 is 2.05 bits per heavy atom. The summed E-state index contributed by atoms with van der Waals surface area (Å²) < 4.78 is 9.24. The number of imide groups is 1. The molecule has 1 saturated heterocycles. The molecule has 9 heteroatoms. The van der Waals surface area contributed by atoms with Gasteiger partial charge >= 0.3 is 18.0 Å². The molecule has 1 fully saturated rings. The molecule has 0 atom stereocenters.